The molecule has 0 radical (unpaired) electrons. The first kappa shape index (κ1) is 16.9. The van der Waals surface area contributed by atoms with Crippen LogP contribution in [0.3, 0.4) is 0 Å². The van der Waals surface area contributed by atoms with Crippen molar-refractivity contribution in [3.05, 3.63) is 76.6 Å². The van der Waals surface area contributed by atoms with Crippen LogP contribution in [-0.2, 0) is 0 Å². The standard InChI is InChI=1S/C19H17ClN4O/c1-12-3-6-17(9-13(12)2)23-18(25)14-10-21-19(22-11-14)24-16-7-4-15(20)5-8-16/h3-11H,1-2H3,(H,23,25)(H,21,22,24). The highest BCUT2D eigenvalue weighted by Crippen LogP contribution is 2.17. The quantitative estimate of drug-likeness (QED) is 0.711. The van der Waals surface area contributed by atoms with Gasteiger partial charge in [-0.2, -0.15) is 0 Å². The van der Waals surface area contributed by atoms with Gasteiger partial charge in [0.15, 0.2) is 0 Å². The lowest BCUT2D eigenvalue weighted by Gasteiger charge is -2.08. The van der Waals surface area contributed by atoms with Gasteiger partial charge in [-0.15, -0.1) is 0 Å². The molecule has 0 aliphatic carbocycles. The van der Waals surface area contributed by atoms with E-state index in [0.717, 1.165) is 16.9 Å². The van der Waals surface area contributed by atoms with Gasteiger partial charge in [-0.1, -0.05) is 17.7 Å². The highest BCUT2D eigenvalue weighted by atomic mass is 35.5. The molecule has 2 N–H and O–H groups in total. The van der Waals surface area contributed by atoms with E-state index in [-0.39, 0.29) is 5.91 Å². The number of nitrogens with zero attached hydrogens (tertiary/aromatic N) is 2. The summed E-state index contributed by atoms with van der Waals surface area (Å²) in [7, 11) is 0. The van der Waals surface area contributed by atoms with Crippen LogP contribution in [-0.4, -0.2) is 15.9 Å². The molecular weight excluding hydrogens is 336 g/mol. The zero-order valence-corrected chi connectivity index (χ0v) is 14.6. The number of hydrogen-bond acceptors (Lipinski definition) is 4. The lowest BCUT2D eigenvalue weighted by Crippen LogP contribution is -2.13. The van der Waals surface area contributed by atoms with Crippen molar-refractivity contribution in [2.45, 2.75) is 13.8 Å². The van der Waals surface area contributed by atoms with E-state index >= 15 is 0 Å². The third kappa shape index (κ3) is 4.33. The Morgan fingerprint density at radius 2 is 1.56 bits per heavy atom. The first-order valence-electron chi connectivity index (χ1n) is 7.74. The topological polar surface area (TPSA) is 66.9 Å². The molecule has 0 bridgehead atoms. The van der Waals surface area contributed by atoms with Crippen LogP contribution in [0.15, 0.2) is 54.9 Å². The normalized spacial score (nSPS) is 10.4. The molecule has 0 saturated carbocycles. The van der Waals surface area contributed by atoms with Gasteiger partial charge in [-0.05, 0) is 61.4 Å². The number of rotatable bonds is 4. The van der Waals surface area contributed by atoms with Crippen LogP contribution in [0, 0.1) is 13.8 Å². The van der Waals surface area contributed by atoms with Crippen LogP contribution in [0.5, 0.6) is 0 Å². The summed E-state index contributed by atoms with van der Waals surface area (Å²) < 4.78 is 0. The zero-order valence-electron chi connectivity index (χ0n) is 13.9. The fraction of sp³-hybridized carbons (Fsp3) is 0.105. The summed E-state index contributed by atoms with van der Waals surface area (Å²) in [6.07, 6.45) is 2.98. The second-order valence-corrected chi connectivity index (χ2v) is 6.12. The van der Waals surface area contributed by atoms with Crippen LogP contribution in [0.1, 0.15) is 21.5 Å². The summed E-state index contributed by atoms with van der Waals surface area (Å²) in [6, 6.07) is 13.0. The molecule has 1 aromatic heterocycles. The van der Waals surface area contributed by atoms with Crippen LogP contribution in [0.25, 0.3) is 0 Å². The Morgan fingerprint density at radius 1 is 0.920 bits per heavy atom. The Morgan fingerprint density at radius 3 is 2.20 bits per heavy atom. The molecule has 0 fully saturated rings. The molecule has 3 rings (SSSR count). The minimum atomic E-state index is -0.249. The molecule has 1 amide bonds. The molecule has 0 spiro atoms. The Kier molecular flexibility index (Phi) is 4.95. The average molecular weight is 353 g/mol. The molecule has 0 saturated heterocycles. The molecule has 6 heteroatoms. The fourth-order valence-corrected chi connectivity index (χ4v) is 2.32. The van der Waals surface area contributed by atoms with E-state index in [1.807, 2.05) is 44.2 Å². The monoisotopic (exact) mass is 352 g/mol. The van der Waals surface area contributed by atoms with Crippen molar-refractivity contribution in [1.29, 1.82) is 0 Å². The Bertz CT molecular complexity index is 892. The number of carbonyl (C=O) groups excluding carboxylic acids is 1. The number of aryl methyl sites for hydroxylation is 2. The van der Waals surface area contributed by atoms with Crippen molar-refractivity contribution in [3.63, 3.8) is 0 Å². The molecule has 1 heterocycles. The molecule has 2 aromatic carbocycles. The average Bonchev–Trinajstić information content (AvgIpc) is 2.61. The van der Waals surface area contributed by atoms with Gasteiger partial charge >= 0.3 is 0 Å². The van der Waals surface area contributed by atoms with Gasteiger partial charge < -0.3 is 10.6 Å². The van der Waals surface area contributed by atoms with E-state index in [4.69, 9.17) is 11.6 Å². The van der Waals surface area contributed by atoms with E-state index in [9.17, 15) is 4.79 Å². The molecule has 0 aliphatic rings. The van der Waals surface area contributed by atoms with Crippen molar-refractivity contribution in [3.8, 4) is 0 Å². The molecule has 0 atom stereocenters. The van der Waals surface area contributed by atoms with E-state index in [1.54, 1.807) is 12.1 Å². The summed E-state index contributed by atoms with van der Waals surface area (Å²) in [5.74, 6) is 0.159. The van der Waals surface area contributed by atoms with Gasteiger partial charge in [0.05, 0.1) is 5.56 Å². The number of anilines is 3. The number of halogens is 1. The molecule has 126 valence electrons. The van der Waals surface area contributed by atoms with E-state index in [1.165, 1.54) is 18.0 Å². The fourth-order valence-electron chi connectivity index (χ4n) is 2.19. The smallest absolute Gasteiger partial charge is 0.258 e. The summed E-state index contributed by atoms with van der Waals surface area (Å²) in [4.78, 5) is 20.6. The number of nitrogens with one attached hydrogen (secondary N) is 2. The second-order valence-electron chi connectivity index (χ2n) is 5.68. The second kappa shape index (κ2) is 7.32. The highest BCUT2D eigenvalue weighted by Gasteiger charge is 2.08. The maximum atomic E-state index is 12.3. The number of aromatic nitrogens is 2. The van der Waals surface area contributed by atoms with Crippen molar-refractivity contribution in [2.75, 3.05) is 10.6 Å². The molecule has 3 aromatic rings. The third-order valence-electron chi connectivity index (χ3n) is 3.78. The van der Waals surface area contributed by atoms with Crippen molar-refractivity contribution in [2.24, 2.45) is 0 Å². The molecular formula is C19H17ClN4O. The summed E-state index contributed by atoms with van der Waals surface area (Å²) in [5.41, 5.74) is 4.25. The lowest BCUT2D eigenvalue weighted by molar-refractivity contribution is 0.102. The van der Waals surface area contributed by atoms with Crippen molar-refractivity contribution >= 4 is 34.8 Å². The maximum absolute atomic E-state index is 12.3. The SMILES string of the molecule is Cc1ccc(NC(=O)c2cnc(Nc3ccc(Cl)cc3)nc2)cc1C. The first-order valence-corrected chi connectivity index (χ1v) is 8.12. The minimum Gasteiger partial charge on any atom is -0.324 e. The van der Waals surface area contributed by atoms with Crippen molar-refractivity contribution < 1.29 is 4.79 Å². The predicted octanol–water partition coefficient (Wildman–Crippen LogP) is 4.74. The van der Waals surface area contributed by atoms with E-state index in [2.05, 4.69) is 20.6 Å². The third-order valence-corrected chi connectivity index (χ3v) is 4.03. The molecule has 0 unspecified atom stereocenters. The first-order chi connectivity index (χ1) is 12.0. The van der Waals surface area contributed by atoms with Gasteiger partial charge in [-0.25, -0.2) is 9.97 Å². The number of hydrogen-bond donors (Lipinski definition) is 2. The van der Waals surface area contributed by atoms with Crippen LogP contribution in [0.2, 0.25) is 5.02 Å². The lowest BCUT2D eigenvalue weighted by atomic mass is 10.1. The largest absolute Gasteiger partial charge is 0.324 e. The van der Waals surface area contributed by atoms with E-state index in [0.29, 0.717) is 16.5 Å². The van der Waals surface area contributed by atoms with Gasteiger partial charge in [0.1, 0.15) is 0 Å². The summed E-state index contributed by atoms with van der Waals surface area (Å²) in [5, 5.41) is 6.55. The molecule has 5 nitrogen and oxygen atoms in total. The van der Waals surface area contributed by atoms with Gasteiger partial charge in [0.25, 0.3) is 5.91 Å². The number of carbonyl (C=O) groups is 1. The van der Waals surface area contributed by atoms with Gasteiger partial charge in [0.2, 0.25) is 5.95 Å². The predicted molar refractivity (Wildman–Crippen MR) is 101 cm³/mol. The highest BCUT2D eigenvalue weighted by molar-refractivity contribution is 6.30. The van der Waals surface area contributed by atoms with Gasteiger partial charge in [-0.3, -0.25) is 4.79 Å². The maximum Gasteiger partial charge on any atom is 0.258 e. The molecule has 0 aliphatic heterocycles. The number of amides is 1. The summed E-state index contributed by atoms with van der Waals surface area (Å²) in [6.45, 7) is 4.03. The van der Waals surface area contributed by atoms with Crippen LogP contribution < -0.4 is 10.6 Å². The van der Waals surface area contributed by atoms with Crippen LogP contribution >= 0.6 is 11.6 Å². The molecule has 25 heavy (non-hydrogen) atoms. The summed E-state index contributed by atoms with van der Waals surface area (Å²) >= 11 is 5.85. The van der Waals surface area contributed by atoms with E-state index < -0.39 is 0 Å². The van der Waals surface area contributed by atoms with Gasteiger partial charge in [0, 0.05) is 28.8 Å². The Hall–Kier alpha value is -2.92. The zero-order chi connectivity index (χ0) is 17.8. The minimum absolute atomic E-state index is 0.249. The number of benzene rings is 2. The Labute approximate surface area is 151 Å². The Balaban J connectivity index is 1.67. The van der Waals surface area contributed by atoms with Crippen LogP contribution in [0.4, 0.5) is 17.3 Å². The van der Waals surface area contributed by atoms with Crippen molar-refractivity contribution in [1.82, 2.24) is 9.97 Å².